The summed E-state index contributed by atoms with van der Waals surface area (Å²) in [5.74, 6) is -1.44. The van der Waals surface area contributed by atoms with Crippen LogP contribution in [0.4, 0.5) is 20.2 Å². The van der Waals surface area contributed by atoms with E-state index in [1.807, 2.05) is 40.7 Å². The second-order valence-electron chi connectivity index (χ2n) is 22.1. The zero-order valence-corrected chi connectivity index (χ0v) is 47.8. The fraction of sp³-hybridized carbons (Fsp3) is 0.414. The molecule has 77 heavy (non-hydrogen) atoms. The lowest BCUT2D eigenvalue weighted by Crippen LogP contribution is -2.20. The number of rotatable bonds is 16. The molecular weight excluding hydrogens is 1080 g/mol. The van der Waals surface area contributed by atoms with Gasteiger partial charge in [-0.3, -0.25) is 14.6 Å². The standard InChI is InChI=1S/C29H32BrClFN7.C29H31ClFN7/c1-18-21(7-8-26(32)36-18)22(25-16-39(38-37-25)10-6-5-9-30)11-19-12-23-27(35-17-29(2,3)4)20(14-33)15-34-28(23)24(31)13-19;1-17-20(8-9-25(31)35-17)21(28-24-7-5-6-10-38(24)37-36-28)11-18-12-22-26(34-16-29(2,3)4)19(14-32)15-33-27(22)23(30)13-18/h7-8,12-13,15-16,22H,5-6,9-11,17H2,1-4H3,(H,34,35);8-9,12-13,15,21H,5-7,10-11,16H2,1-4H3,(H,33,34)/t22-;21-/m00/s1. The normalized spacial score (nSPS) is 13.3. The van der Waals surface area contributed by atoms with Crippen molar-refractivity contribution in [3.8, 4) is 12.1 Å². The summed E-state index contributed by atoms with van der Waals surface area (Å²) in [5, 5.41) is 48.0. The van der Waals surface area contributed by atoms with Crippen molar-refractivity contribution < 1.29 is 8.78 Å². The summed E-state index contributed by atoms with van der Waals surface area (Å²) in [6.07, 6.45) is 11.3. The van der Waals surface area contributed by atoms with Gasteiger partial charge in [-0.2, -0.15) is 19.3 Å². The molecule has 0 amide bonds. The molecule has 2 aromatic carbocycles. The number of alkyl halides is 1. The maximum absolute atomic E-state index is 14.0. The fourth-order valence-electron chi connectivity index (χ4n) is 9.70. The van der Waals surface area contributed by atoms with Crippen molar-refractivity contribution in [3.63, 3.8) is 0 Å². The van der Waals surface area contributed by atoms with Gasteiger partial charge in [-0.05, 0) is 128 Å². The number of hydrogen-bond acceptors (Lipinski definition) is 12. The average Bonchev–Trinajstić information content (AvgIpc) is 4.10. The van der Waals surface area contributed by atoms with Gasteiger partial charge in [0.25, 0.3) is 0 Å². The largest absolute Gasteiger partial charge is 0.383 e. The maximum Gasteiger partial charge on any atom is 0.213 e. The van der Waals surface area contributed by atoms with Gasteiger partial charge in [0.05, 0.1) is 60.7 Å². The van der Waals surface area contributed by atoms with E-state index in [9.17, 15) is 19.3 Å². The summed E-state index contributed by atoms with van der Waals surface area (Å²) in [6, 6.07) is 18.8. The molecule has 1 aliphatic heterocycles. The number of nitrogens with zero attached hydrogens (tertiary/aromatic N) is 12. The fourth-order valence-corrected chi connectivity index (χ4v) is 10.7. The molecule has 0 bridgehead atoms. The van der Waals surface area contributed by atoms with Crippen molar-refractivity contribution in [2.45, 2.75) is 125 Å². The van der Waals surface area contributed by atoms with Crippen LogP contribution in [0.5, 0.6) is 0 Å². The molecule has 9 rings (SSSR count). The Bertz CT molecular complexity index is 3510. The SMILES string of the molecule is Cc1nc(F)ccc1[C@H](Cc1cc(Cl)c2ncc(C#N)c(NCC(C)(C)C)c2c1)c1cn(CCCCBr)nn1.Cc1nc(F)ccc1[C@H](Cc1cc(Cl)c2ncc(C#N)c(NCC(C)(C)C)c2c1)c1nnn2c1CCCC2. The van der Waals surface area contributed by atoms with E-state index in [0.717, 1.165) is 112 Å². The first-order valence-corrected chi connectivity index (χ1v) is 27.8. The van der Waals surface area contributed by atoms with E-state index >= 15 is 0 Å². The molecule has 0 radical (unpaired) electrons. The summed E-state index contributed by atoms with van der Waals surface area (Å²) in [7, 11) is 0. The number of nitriles is 2. The van der Waals surface area contributed by atoms with Gasteiger partial charge < -0.3 is 10.6 Å². The highest BCUT2D eigenvalue weighted by Crippen LogP contribution is 2.39. The van der Waals surface area contributed by atoms with Crippen molar-refractivity contribution in [1.82, 2.24) is 49.9 Å². The first-order valence-electron chi connectivity index (χ1n) is 25.9. The highest BCUT2D eigenvalue weighted by atomic mass is 79.9. The molecule has 19 heteroatoms. The molecule has 0 spiro atoms. The van der Waals surface area contributed by atoms with Crippen LogP contribution in [0.15, 0.2) is 67.1 Å². The summed E-state index contributed by atoms with van der Waals surface area (Å²) < 4.78 is 31.7. The number of benzene rings is 2. The van der Waals surface area contributed by atoms with Gasteiger partial charge in [-0.15, -0.1) is 10.2 Å². The highest BCUT2D eigenvalue weighted by Gasteiger charge is 2.29. The number of anilines is 2. The minimum absolute atomic E-state index is 0.00225. The molecule has 1 aliphatic rings. The third kappa shape index (κ3) is 13.7. The van der Waals surface area contributed by atoms with E-state index in [1.54, 1.807) is 31.5 Å². The Kier molecular flexibility index (Phi) is 17.9. The third-order valence-electron chi connectivity index (χ3n) is 13.5. The van der Waals surface area contributed by atoms with Gasteiger partial charge >= 0.3 is 0 Å². The van der Waals surface area contributed by atoms with E-state index in [0.29, 0.717) is 69.5 Å². The summed E-state index contributed by atoms with van der Waals surface area (Å²) in [6.45, 7) is 19.4. The molecule has 8 aromatic rings. The van der Waals surface area contributed by atoms with E-state index in [-0.39, 0.29) is 22.7 Å². The Morgan fingerprint density at radius 2 is 1.25 bits per heavy atom. The van der Waals surface area contributed by atoms with Gasteiger partial charge in [0.15, 0.2) is 0 Å². The molecule has 0 fully saturated rings. The minimum Gasteiger partial charge on any atom is -0.383 e. The number of unbranched alkanes of at least 4 members (excludes halogenated alkanes) is 1. The monoisotopic (exact) mass is 1140 g/mol. The van der Waals surface area contributed by atoms with Crippen molar-refractivity contribution in [3.05, 3.63) is 151 Å². The smallest absolute Gasteiger partial charge is 0.213 e. The van der Waals surface area contributed by atoms with Crippen LogP contribution in [-0.2, 0) is 32.4 Å². The molecule has 0 saturated heterocycles. The predicted octanol–water partition coefficient (Wildman–Crippen LogP) is 13.6. The van der Waals surface area contributed by atoms with Crippen molar-refractivity contribution in [2.75, 3.05) is 29.1 Å². The summed E-state index contributed by atoms with van der Waals surface area (Å²) in [5.41, 5.74) is 11.4. The molecule has 0 aliphatic carbocycles. The van der Waals surface area contributed by atoms with Crippen molar-refractivity contribution >= 4 is 72.3 Å². The topological polar surface area (TPSA) is 185 Å². The number of fused-ring (bicyclic) bond motifs is 3. The number of hydrogen-bond donors (Lipinski definition) is 2. The first-order chi connectivity index (χ1) is 36.7. The number of halogens is 5. The quantitative estimate of drug-likeness (QED) is 0.0531. The van der Waals surface area contributed by atoms with E-state index < -0.39 is 11.9 Å². The lowest BCUT2D eigenvalue weighted by molar-refractivity contribution is 0.443. The number of nitrogens with one attached hydrogen (secondary N) is 2. The molecule has 400 valence electrons. The lowest BCUT2D eigenvalue weighted by Gasteiger charge is -2.22. The Morgan fingerprint density at radius 1 is 0.714 bits per heavy atom. The average molecular weight is 1150 g/mol. The van der Waals surface area contributed by atoms with Crippen LogP contribution in [0.25, 0.3) is 21.8 Å². The van der Waals surface area contributed by atoms with Crippen LogP contribution in [0.2, 0.25) is 10.0 Å². The van der Waals surface area contributed by atoms with Gasteiger partial charge in [-0.25, -0.2) is 14.6 Å². The predicted molar refractivity (Wildman–Crippen MR) is 304 cm³/mol. The number of pyridine rings is 4. The number of aromatic nitrogens is 10. The van der Waals surface area contributed by atoms with E-state index in [4.69, 9.17) is 23.2 Å². The molecule has 0 saturated carbocycles. The van der Waals surface area contributed by atoms with E-state index in [1.165, 1.54) is 12.1 Å². The molecule has 14 nitrogen and oxygen atoms in total. The van der Waals surface area contributed by atoms with Crippen LogP contribution in [0, 0.1) is 59.2 Å². The molecule has 2 N–H and O–H groups in total. The van der Waals surface area contributed by atoms with Crippen LogP contribution in [0.3, 0.4) is 0 Å². The van der Waals surface area contributed by atoms with Crippen LogP contribution in [0.1, 0.15) is 141 Å². The number of aryl methyl sites for hydroxylation is 4. The van der Waals surface area contributed by atoms with Gasteiger partial charge in [0.2, 0.25) is 11.9 Å². The molecule has 2 atom stereocenters. The van der Waals surface area contributed by atoms with Gasteiger partial charge in [0, 0.05) is 84.1 Å². The third-order valence-corrected chi connectivity index (χ3v) is 14.7. The zero-order chi connectivity index (χ0) is 55.2. The van der Waals surface area contributed by atoms with E-state index in [2.05, 4.69) is 127 Å². The van der Waals surface area contributed by atoms with Crippen molar-refractivity contribution in [1.29, 1.82) is 10.5 Å². The first kappa shape index (κ1) is 56.5. The van der Waals surface area contributed by atoms with Crippen LogP contribution in [-0.4, -0.2) is 68.3 Å². The highest BCUT2D eigenvalue weighted by molar-refractivity contribution is 9.09. The second kappa shape index (κ2) is 24.3. The minimum atomic E-state index is -0.521. The molecular formula is C58H63BrCl2F2N14. The summed E-state index contributed by atoms with van der Waals surface area (Å²) in [4.78, 5) is 17.2. The van der Waals surface area contributed by atoms with Crippen molar-refractivity contribution in [2.24, 2.45) is 10.8 Å². The second-order valence-corrected chi connectivity index (χ2v) is 23.7. The molecule has 7 heterocycles. The van der Waals surface area contributed by atoms with Crippen LogP contribution >= 0.6 is 39.1 Å². The summed E-state index contributed by atoms with van der Waals surface area (Å²) >= 11 is 17.0. The van der Waals surface area contributed by atoms with Gasteiger partial charge in [0.1, 0.15) is 12.1 Å². The zero-order valence-electron chi connectivity index (χ0n) is 44.7. The lowest BCUT2D eigenvalue weighted by atomic mass is 9.86. The van der Waals surface area contributed by atoms with Gasteiger partial charge in [-0.1, -0.05) is 103 Å². The maximum atomic E-state index is 14.0. The molecule has 6 aromatic heterocycles. The Hall–Kier alpha value is -6.66. The Balaban J connectivity index is 0.000000204. The Labute approximate surface area is 467 Å². The Morgan fingerprint density at radius 3 is 1.75 bits per heavy atom. The van der Waals surface area contributed by atoms with Crippen LogP contribution < -0.4 is 10.6 Å². The molecule has 0 unspecified atom stereocenters.